The van der Waals surface area contributed by atoms with Gasteiger partial charge < -0.3 is 28.8 Å². The third-order valence-corrected chi connectivity index (χ3v) is 13.4. The number of anilines is 2. The summed E-state index contributed by atoms with van der Waals surface area (Å²) in [6.07, 6.45) is 9.70. The van der Waals surface area contributed by atoms with Crippen molar-refractivity contribution in [3.63, 3.8) is 0 Å². The zero-order chi connectivity index (χ0) is 53.6. The van der Waals surface area contributed by atoms with Crippen LogP contribution in [0.3, 0.4) is 0 Å². The molecule has 4 N–H and O–H groups in total. The molecule has 1 aliphatic rings. The molecule has 0 amide bonds. The Kier molecular flexibility index (Phi) is 16.3. The minimum Gasteiger partial charge on any atom is -0.399 e. The molecule has 4 aromatic carbocycles. The van der Waals surface area contributed by atoms with E-state index in [0.717, 1.165) is 65.4 Å². The van der Waals surface area contributed by atoms with Crippen LogP contribution in [0.15, 0.2) is 169 Å². The minimum atomic E-state index is -0.625. The molecule has 1 fully saturated rings. The molecule has 0 saturated carbocycles. The molecule has 1 aliphatic heterocycles. The number of pyridine rings is 4. The Morgan fingerprint density at radius 3 is 1.53 bits per heavy atom. The van der Waals surface area contributed by atoms with Crippen molar-refractivity contribution in [2.24, 2.45) is 0 Å². The molecule has 386 valence electrons. The summed E-state index contributed by atoms with van der Waals surface area (Å²) in [6, 6.07) is 40.1. The monoisotopic (exact) mass is 1090 g/mol. The normalized spacial score (nSPS) is 13.9. The van der Waals surface area contributed by atoms with Gasteiger partial charge in [-0.3, -0.25) is 19.9 Å². The van der Waals surface area contributed by atoms with Crippen LogP contribution in [0, 0.1) is 22.7 Å². The fourth-order valence-electron chi connectivity index (χ4n) is 8.22. The van der Waals surface area contributed by atoms with Gasteiger partial charge in [0.05, 0.1) is 55.9 Å². The van der Waals surface area contributed by atoms with Gasteiger partial charge in [-0.1, -0.05) is 86.3 Å². The summed E-state index contributed by atoms with van der Waals surface area (Å²) >= 11 is 3.25. The molecular formula is C57H52BBrN12O6. The third-order valence-electron chi connectivity index (χ3n) is 13.0. The lowest BCUT2D eigenvalue weighted by molar-refractivity contribution is 0.00578. The van der Waals surface area contributed by atoms with Gasteiger partial charge in [-0.05, 0) is 110 Å². The molecule has 2 atom stereocenters. The van der Waals surface area contributed by atoms with Gasteiger partial charge in [0, 0.05) is 70.1 Å². The number of benzene rings is 4. The van der Waals surface area contributed by atoms with Gasteiger partial charge in [0.25, 0.3) is 11.8 Å². The fraction of sp³-hybridized carbons (Fsp3) is 0.193. The van der Waals surface area contributed by atoms with E-state index >= 15 is 0 Å². The molecule has 2 unspecified atom stereocenters. The molecule has 77 heavy (non-hydrogen) atoms. The van der Waals surface area contributed by atoms with Crippen LogP contribution >= 0.6 is 15.9 Å². The number of H-pyrrole nitrogens is 2. The predicted octanol–water partition coefficient (Wildman–Crippen LogP) is 11.1. The van der Waals surface area contributed by atoms with Crippen molar-refractivity contribution < 1.29 is 18.1 Å². The first kappa shape index (κ1) is 54.2. The summed E-state index contributed by atoms with van der Waals surface area (Å²) in [7, 11) is -0.468. The average Bonchev–Trinajstić information content (AvgIpc) is 4.17. The number of nitrogens with one attached hydrogen (secondary N) is 4. The average molecular weight is 1090 g/mol. The Bertz CT molecular complexity index is 3890. The highest BCUT2D eigenvalue weighted by atomic mass is 79.9. The molecular weight excluding hydrogens is 1040 g/mol. The SMILES string of the molecule is C.CC(Nc1c(C#N)cnc2ccc(-c3cncc(-c4n[nH]c(=O)o4)c3)cc12)c1ccccc1.CC(Nc1c(C#N)cnc2ccc(B3OC(C)(C)C(C)(C)O3)cc12)c1ccccc1.O=c1[nH]nc(-c2cncc(Br)c2)o1. The molecule has 0 aliphatic carbocycles. The van der Waals surface area contributed by atoms with Gasteiger partial charge in [0.1, 0.15) is 12.1 Å². The number of fused-ring (bicyclic) bond motifs is 2. The number of hydrogen-bond donors (Lipinski definition) is 4. The summed E-state index contributed by atoms with van der Waals surface area (Å²) in [6.45, 7) is 12.3. The van der Waals surface area contributed by atoms with Gasteiger partial charge in [0.2, 0.25) is 0 Å². The molecule has 0 bridgehead atoms. The lowest BCUT2D eigenvalue weighted by atomic mass is 9.78. The van der Waals surface area contributed by atoms with Crippen LogP contribution in [0.4, 0.5) is 11.4 Å². The van der Waals surface area contributed by atoms with Crippen LogP contribution in [-0.2, 0) is 9.31 Å². The third kappa shape index (κ3) is 12.2. The number of rotatable bonds is 10. The molecule has 0 spiro atoms. The molecule has 11 rings (SSSR count). The zero-order valence-corrected chi connectivity index (χ0v) is 43.6. The number of aromatic nitrogens is 8. The van der Waals surface area contributed by atoms with Gasteiger partial charge in [-0.25, -0.2) is 19.8 Å². The van der Waals surface area contributed by atoms with E-state index in [1.807, 2.05) is 119 Å². The first-order valence-corrected chi connectivity index (χ1v) is 24.7. The highest BCUT2D eigenvalue weighted by Crippen LogP contribution is 2.38. The second-order valence-corrected chi connectivity index (χ2v) is 19.6. The minimum absolute atomic E-state index is 0. The van der Waals surface area contributed by atoms with Crippen LogP contribution in [0.5, 0.6) is 0 Å². The van der Waals surface area contributed by atoms with E-state index in [9.17, 15) is 20.1 Å². The van der Waals surface area contributed by atoms with Crippen molar-refractivity contribution in [1.29, 1.82) is 10.5 Å². The molecule has 6 aromatic heterocycles. The zero-order valence-electron chi connectivity index (χ0n) is 42.0. The smallest absolute Gasteiger partial charge is 0.399 e. The van der Waals surface area contributed by atoms with Crippen molar-refractivity contribution in [3.05, 3.63) is 194 Å². The Balaban J connectivity index is 0.000000164. The Labute approximate surface area is 451 Å². The fourth-order valence-corrected chi connectivity index (χ4v) is 8.59. The van der Waals surface area contributed by atoms with Crippen LogP contribution in [0.25, 0.3) is 55.8 Å². The van der Waals surface area contributed by atoms with Crippen LogP contribution in [0.1, 0.15) is 83.3 Å². The van der Waals surface area contributed by atoms with Gasteiger partial charge in [-0.2, -0.15) is 10.5 Å². The van der Waals surface area contributed by atoms with E-state index in [1.165, 1.54) is 0 Å². The second-order valence-electron chi connectivity index (χ2n) is 18.7. The highest BCUT2D eigenvalue weighted by molar-refractivity contribution is 9.10. The van der Waals surface area contributed by atoms with Crippen LogP contribution in [-0.4, -0.2) is 58.7 Å². The second kappa shape index (κ2) is 23.2. The standard InChI is InChI=1S/C25H18N6O2.C24H26BN3O2.C7H4BrN3O2.CH4/c1-15(16-5-3-2-4-6-16)29-23-20(11-26)14-28-22-8-7-17(10-21(22)23)18-9-19(13-27-12-18)24-30-31-25(32)33-24;1-16(17-9-7-6-8-10-17)28-22-18(14-26)15-27-21-12-11-19(13-20(21)22)25-29-23(2,3)24(4,5)30-25;8-5-1-4(2-9-3-5)6-10-11-7(12)13-6;/h2-10,12-15H,1H3,(H,28,29)(H,31,32);6-13,15-16H,1-5H3,(H,27,28);1-3H,(H,11,12);1H4. The van der Waals surface area contributed by atoms with Crippen molar-refractivity contribution in [2.75, 3.05) is 10.6 Å². The molecule has 20 heteroatoms. The summed E-state index contributed by atoms with van der Waals surface area (Å²) in [5.74, 6) is -0.796. The van der Waals surface area contributed by atoms with E-state index in [2.05, 4.69) is 105 Å². The van der Waals surface area contributed by atoms with Crippen molar-refractivity contribution in [3.8, 4) is 46.2 Å². The topological polar surface area (TPSA) is 259 Å². The van der Waals surface area contributed by atoms with E-state index in [-0.39, 0.29) is 31.3 Å². The molecule has 18 nitrogen and oxygen atoms in total. The largest absolute Gasteiger partial charge is 0.494 e. The van der Waals surface area contributed by atoms with Crippen molar-refractivity contribution in [2.45, 2.75) is 72.3 Å². The number of aromatic amines is 2. The first-order valence-electron chi connectivity index (χ1n) is 23.9. The van der Waals surface area contributed by atoms with E-state index in [0.29, 0.717) is 22.3 Å². The Hall–Kier alpha value is -9.08. The lowest BCUT2D eigenvalue weighted by Crippen LogP contribution is -2.41. The molecule has 1 saturated heterocycles. The van der Waals surface area contributed by atoms with Gasteiger partial charge in [0.15, 0.2) is 0 Å². The maximum absolute atomic E-state index is 11.3. The van der Waals surface area contributed by atoms with Crippen molar-refractivity contribution in [1.82, 2.24) is 40.3 Å². The van der Waals surface area contributed by atoms with Gasteiger partial charge >= 0.3 is 18.6 Å². The Morgan fingerprint density at radius 2 is 1.05 bits per heavy atom. The maximum Gasteiger partial charge on any atom is 0.494 e. The number of nitrogens with zero attached hydrogens (tertiary/aromatic N) is 8. The van der Waals surface area contributed by atoms with E-state index in [4.69, 9.17) is 18.1 Å². The first-order chi connectivity index (χ1) is 36.6. The summed E-state index contributed by atoms with van der Waals surface area (Å²) < 4.78 is 23.0. The number of nitriles is 2. The highest BCUT2D eigenvalue weighted by Gasteiger charge is 2.51. The quantitative estimate of drug-likeness (QED) is 0.0928. The van der Waals surface area contributed by atoms with E-state index in [1.54, 1.807) is 43.2 Å². The van der Waals surface area contributed by atoms with Crippen LogP contribution < -0.4 is 27.6 Å². The van der Waals surface area contributed by atoms with Crippen LogP contribution in [0.2, 0.25) is 0 Å². The predicted molar refractivity (Wildman–Crippen MR) is 300 cm³/mol. The molecule has 0 radical (unpaired) electrons. The summed E-state index contributed by atoms with van der Waals surface area (Å²) in [5.41, 5.74) is 9.31. The number of halogens is 1. The molecule has 10 aromatic rings. The number of hydrogen-bond acceptors (Lipinski definition) is 16. The molecule has 7 heterocycles. The summed E-state index contributed by atoms with van der Waals surface area (Å²) in [4.78, 5) is 39.0. The van der Waals surface area contributed by atoms with Crippen molar-refractivity contribution >= 4 is 61.7 Å². The van der Waals surface area contributed by atoms with E-state index < -0.39 is 29.8 Å². The Morgan fingerprint density at radius 1 is 0.584 bits per heavy atom. The lowest BCUT2D eigenvalue weighted by Gasteiger charge is -2.32. The van der Waals surface area contributed by atoms with Gasteiger partial charge in [-0.15, -0.1) is 10.2 Å². The summed E-state index contributed by atoms with van der Waals surface area (Å²) in [5, 5.41) is 40.1. The maximum atomic E-state index is 11.3.